The second-order valence-corrected chi connectivity index (χ2v) is 2.31. The molecule has 4 nitrogen and oxygen atoms in total. The van der Waals surface area contributed by atoms with Crippen LogP contribution in [0.2, 0.25) is 0 Å². The third kappa shape index (κ3) is 7.29. The maximum absolute atomic E-state index is 10.9. The topological polar surface area (TPSA) is 53.2 Å². The van der Waals surface area contributed by atoms with Crippen LogP contribution >= 0.6 is 0 Å². The average Bonchev–Trinajstić information content (AvgIpc) is 2.01. The predicted molar refractivity (Wildman–Crippen MR) is 45.5 cm³/mol. The van der Waals surface area contributed by atoms with Crippen molar-refractivity contribution < 1.29 is 4.79 Å². The van der Waals surface area contributed by atoms with Crippen molar-refractivity contribution in [2.45, 2.75) is 6.42 Å². The van der Waals surface area contributed by atoms with Gasteiger partial charge in [0.25, 0.3) is 0 Å². The largest absolute Gasteiger partial charge is 0.355 e. The highest BCUT2D eigenvalue weighted by Gasteiger charge is 1.96. The Kier molecular flexibility index (Phi) is 7.08. The van der Waals surface area contributed by atoms with Gasteiger partial charge >= 0.3 is 0 Å². The summed E-state index contributed by atoms with van der Waals surface area (Å²) in [6.45, 7) is 2.27. The van der Waals surface area contributed by atoms with Crippen molar-refractivity contribution in [3.63, 3.8) is 0 Å². The van der Waals surface area contributed by atoms with Crippen molar-refractivity contribution in [3.05, 3.63) is 0 Å². The van der Waals surface area contributed by atoms with Crippen LogP contribution in [0.3, 0.4) is 0 Å². The molecule has 4 heteroatoms. The summed E-state index contributed by atoms with van der Waals surface area (Å²) >= 11 is 0. The maximum Gasteiger partial charge on any atom is 0.221 e. The Morgan fingerprint density at radius 1 is 1.09 bits per heavy atom. The fourth-order valence-electron chi connectivity index (χ4n) is 0.654. The summed E-state index contributed by atoms with van der Waals surface area (Å²) in [5.41, 5.74) is 0. The Hall–Kier alpha value is -0.610. The highest BCUT2D eigenvalue weighted by atomic mass is 16.1. The van der Waals surface area contributed by atoms with E-state index in [1.165, 1.54) is 0 Å². The van der Waals surface area contributed by atoms with Gasteiger partial charge in [-0.25, -0.2) is 0 Å². The van der Waals surface area contributed by atoms with Crippen molar-refractivity contribution in [1.29, 1.82) is 0 Å². The van der Waals surface area contributed by atoms with Gasteiger partial charge in [-0.05, 0) is 14.1 Å². The molecule has 0 bridgehead atoms. The molecule has 0 unspecified atom stereocenters. The number of carbonyl (C=O) groups excluding carboxylic acids is 1. The molecule has 0 aromatic heterocycles. The fourth-order valence-corrected chi connectivity index (χ4v) is 0.654. The van der Waals surface area contributed by atoms with Gasteiger partial charge in [0.2, 0.25) is 5.91 Å². The first-order chi connectivity index (χ1) is 5.31. The molecule has 0 aliphatic rings. The molecule has 0 rings (SSSR count). The van der Waals surface area contributed by atoms with Crippen LogP contribution in [0.1, 0.15) is 6.42 Å². The maximum atomic E-state index is 10.9. The molecule has 0 saturated carbocycles. The minimum Gasteiger partial charge on any atom is -0.355 e. The molecule has 1 amide bonds. The van der Waals surface area contributed by atoms with E-state index in [1.54, 1.807) is 0 Å². The van der Waals surface area contributed by atoms with Crippen LogP contribution < -0.4 is 16.0 Å². The molecule has 0 heterocycles. The summed E-state index contributed by atoms with van der Waals surface area (Å²) in [6, 6.07) is 0. The van der Waals surface area contributed by atoms with Gasteiger partial charge in [-0.2, -0.15) is 0 Å². The lowest BCUT2D eigenvalue weighted by Gasteiger charge is -2.03. The molecule has 0 spiro atoms. The van der Waals surface area contributed by atoms with Crippen LogP contribution in [0.5, 0.6) is 0 Å². The summed E-state index contributed by atoms with van der Waals surface area (Å²) in [6.07, 6.45) is 0.556. The van der Waals surface area contributed by atoms with Crippen molar-refractivity contribution in [1.82, 2.24) is 16.0 Å². The van der Waals surface area contributed by atoms with E-state index >= 15 is 0 Å². The van der Waals surface area contributed by atoms with Crippen LogP contribution in [-0.2, 0) is 4.79 Å². The summed E-state index contributed by atoms with van der Waals surface area (Å²) in [5.74, 6) is 0.106. The number of amides is 1. The second kappa shape index (κ2) is 7.50. The molecule has 66 valence electrons. The van der Waals surface area contributed by atoms with E-state index in [9.17, 15) is 4.79 Å². The molecule has 0 aliphatic heterocycles. The van der Waals surface area contributed by atoms with Gasteiger partial charge in [-0.3, -0.25) is 4.79 Å². The Morgan fingerprint density at radius 3 is 2.27 bits per heavy atom. The fraction of sp³-hybridized carbons (Fsp3) is 0.857. The lowest BCUT2D eigenvalue weighted by Crippen LogP contribution is -2.31. The molecule has 0 fully saturated rings. The molecular weight excluding hydrogens is 142 g/mol. The van der Waals surface area contributed by atoms with Gasteiger partial charge in [0.15, 0.2) is 0 Å². The van der Waals surface area contributed by atoms with Crippen LogP contribution in [0.15, 0.2) is 0 Å². The third-order valence-corrected chi connectivity index (χ3v) is 1.30. The Balaban J connectivity index is 3.09. The molecule has 0 atom stereocenters. The minimum atomic E-state index is 0.106. The van der Waals surface area contributed by atoms with E-state index in [1.807, 2.05) is 14.1 Å². The van der Waals surface area contributed by atoms with E-state index in [2.05, 4.69) is 16.0 Å². The van der Waals surface area contributed by atoms with Crippen molar-refractivity contribution in [2.75, 3.05) is 33.7 Å². The standard InChI is InChI=1S/C7H17N3O/c1-8-4-3-7(11)10-6-5-9-2/h8-9H,3-6H2,1-2H3,(H,10,11). The van der Waals surface area contributed by atoms with Gasteiger partial charge in [0.1, 0.15) is 0 Å². The van der Waals surface area contributed by atoms with Crippen LogP contribution in [-0.4, -0.2) is 39.6 Å². The zero-order chi connectivity index (χ0) is 8.53. The summed E-state index contributed by atoms with van der Waals surface area (Å²) < 4.78 is 0. The lowest BCUT2D eigenvalue weighted by atomic mass is 10.4. The van der Waals surface area contributed by atoms with E-state index < -0.39 is 0 Å². The Morgan fingerprint density at radius 2 is 1.73 bits per heavy atom. The van der Waals surface area contributed by atoms with E-state index in [0.717, 1.165) is 13.1 Å². The van der Waals surface area contributed by atoms with E-state index in [4.69, 9.17) is 0 Å². The predicted octanol–water partition coefficient (Wildman–Crippen LogP) is -1.07. The van der Waals surface area contributed by atoms with Crippen LogP contribution in [0, 0.1) is 0 Å². The number of carbonyl (C=O) groups is 1. The molecule has 0 radical (unpaired) electrons. The molecule has 11 heavy (non-hydrogen) atoms. The molecule has 3 N–H and O–H groups in total. The number of hydrogen-bond acceptors (Lipinski definition) is 3. The molecule has 0 aromatic carbocycles. The van der Waals surface area contributed by atoms with Gasteiger partial charge in [0.05, 0.1) is 0 Å². The lowest BCUT2D eigenvalue weighted by molar-refractivity contribution is -0.120. The molecule has 0 saturated heterocycles. The van der Waals surface area contributed by atoms with Crippen LogP contribution in [0.25, 0.3) is 0 Å². The monoisotopic (exact) mass is 159 g/mol. The first-order valence-corrected chi connectivity index (χ1v) is 3.87. The van der Waals surface area contributed by atoms with Crippen LogP contribution in [0.4, 0.5) is 0 Å². The minimum absolute atomic E-state index is 0.106. The van der Waals surface area contributed by atoms with Gasteiger partial charge in [-0.15, -0.1) is 0 Å². The molecular formula is C7H17N3O. The summed E-state index contributed by atoms with van der Waals surface area (Å²) in [5, 5.41) is 8.64. The van der Waals surface area contributed by atoms with Gasteiger partial charge in [0, 0.05) is 26.1 Å². The van der Waals surface area contributed by atoms with E-state index in [0.29, 0.717) is 13.0 Å². The smallest absolute Gasteiger partial charge is 0.221 e. The molecule has 0 aliphatic carbocycles. The number of hydrogen-bond donors (Lipinski definition) is 3. The van der Waals surface area contributed by atoms with E-state index in [-0.39, 0.29) is 5.91 Å². The summed E-state index contributed by atoms with van der Waals surface area (Å²) in [4.78, 5) is 10.9. The zero-order valence-electron chi connectivity index (χ0n) is 7.24. The van der Waals surface area contributed by atoms with Gasteiger partial charge < -0.3 is 16.0 Å². The Labute approximate surface area is 67.7 Å². The average molecular weight is 159 g/mol. The number of rotatable bonds is 6. The Bertz CT molecular complexity index is 106. The third-order valence-electron chi connectivity index (χ3n) is 1.30. The highest BCUT2D eigenvalue weighted by Crippen LogP contribution is 1.74. The van der Waals surface area contributed by atoms with Crippen molar-refractivity contribution >= 4 is 5.91 Å². The second-order valence-electron chi connectivity index (χ2n) is 2.31. The molecule has 0 aromatic rings. The SMILES string of the molecule is CNCCNC(=O)CCNC. The normalized spacial score (nSPS) is 9.64. The van der Waals surface area contributed by atoms with Gasteiger partial charge in [-0.1, -0.05) is 0 Å². The zero-order valence-corrected chi connectivity index (χ0v) is 7.24. The number of nitrogens with one attached hydrogen (secondary N) is 3. The first-order valence-electron chi connectivity index (χ1n) is 3.87. The van der Waals surface area contributed by atoms with Crippen molar-refractivity contribution in [3.8, 4) is 0 Å². The number of likely N-dealkylation sites (N-methyl/N-ethyl adjacent to an activating group) is 1. The first kappa shape index (κ1) is 10.4. The highest BCUT2D eigenvalue weighted by molar-refractivity contribution is 5.75. The summed E-state index contributed by atoms with van der Waals surface area (Å²) in [7, 11) is 3.70. The quantitative estimate of drug-likeness (QED) is 0.433. The van der Waals surface area contributed by atoms with Crippen molar-refractivity contribution in [2.24, 2.45) is 0 Å².